The normalized spacial score (nSPS) is 11.3. The van der Waals surface area contributed by atoms with Gasteiger partial charge in [-0.1, -0.05) is 36.4 Å². The molecule has 1 heterocycles. The van der Waals surface area contributed by atoms with Crippen LogP contribution in [0.3, 0.4) is 0 Å². The molecule has 3 aromatic rings. The topological polar surface area (TPSA) is 102 Å². The van der Waals surface area contributed by atoms with Crippen molar-refractivity contribution in [2.75, 3.05) is 13.2 Å². The molecular formula is C19H18N2O5S2. The van der Waals surface area contributed by atoms with Crippen molar-refractivity contribution >= 4 is 44.0 Å². The van der Waals surface area contributed by atoms with Gasteiger partial charge < -0.3 is 10.1 Å². The minimum Gasteiger partial charge on any atom is -0.455 e. The van der Waals surface area contributed by atoms with E-state index in [1.54, 1.807) is 12.1 Å². The molecule has 9 heteroatoms. The standard InChI is InChI=1S/C19H18N2O5S2/c22-18(20-11-16-6-3-9-27-16)13-26-19(23)12-21-28(24,25)17-8-7-14-4-1-2-5-15(14)10-17/h1-10,21H,11-13H2,(H,20,22). The van der Waals surface area contributed by atoms with Gasteiger partial charge in [-0.05, 0) is 34.4 Å². The molecule has 0 fully saturated rings. The van der Waals surface area contributed by atoms with Crippen LogP contribution in [-0.4, -0.2) is 33.4 Å². The van der Waals surface area contributed by atoms with Crippen LogP contribution in [0.15, 0.2) is 64.9 Å². The van der Waals surface area contributed by atoms with Crippen molar-refractivity contribution in [3.05, 3.63) is 64.9 Å². The van der Waals surface area contributed by atoms with Gasteiger partial charge >= 0.3 is 5.97 Å². The predicted molar refractivity (Wildman–Crippen MR) is 106 cm³/mol. The lowest BCUT2D eigenvalue weighted by Crippen LogP contribution is -2.33. The maximum Gasteiger partial charge on any atom is 0.321 e. The number of ether oxygens (including phenoxy) is 1. The summed E-state index contributed by atoms with van der Waals surface area (Å²) in [6.45, 7) is -0.683. The molecule has 0 saturated heterocycles. The number of carbonyl (C=O) groups is 2. The lowest BCUT2D eigenvalue weighted by atomic mass is 10.1. The summed E-state index contributed by atoms with van der Waals surface area (Å²) in [7, 11) is -3.88. The van der Waals surface area contributed by atoms with Gasteiger partial charge in [-0.25, -0.2) is 8.42 Å². The molecule has 7 nitrogen and oxygen atoms in total. The van der Waals surface area contributed by atoms with Gasteiger partial charge in [0.05, 0.1) is 11.4 Å². The second-order valence-electron chi connectivity index (χ2n) is 5.85. The molecule has 2 N–H and O–H groups in total. The Kier molecular flexibility index (Phi) is 6.40. The minimum atomic E-state index is -3.88. The fourth-order valence-corrected chi connectivity index (χ4v) is 4.07. The Morgan fingerprint density at radius 1 is 1.00 bits per heavy atom. The lowest BCUT2D eigenvalue weighted by Gasteiger charge is -2.08. The number of amides is 1. The van der Waals surface area contributed by atoms with Crippen LogP contribution in [0.5, 0.6) is 0 Å². The number of sulfonamides is 1. The second-order valence-corrected chi connectivity index (χ2v) is 8.65. The third-order valence-corrected chi connectivity index (χ3v) is 6.12. The largest absolute Gasteiger partial charge is 0.455 e. The first kappa shape index (κ1) is 20.0. The first-order chi connectivity index (χ1) is 13.4. The van der Waals surface area contributed by atoms with E-state index in [0.717, 1.165) is 15.6 Å². The molecule has 0 unspecified atom stereocenters. The molecule has 3 rings (SSSR count). The molecule has 0 radical (unpaired) electrons. The number of thiophene rings is 1. The van der Waals surface area contributed by atoms with Crippen LogP contribution in [0.1, 0.15) is 4.88 Å². The summed E-state index contributed by atoms with van der Waals surface area (Å²) in [5, 5.41) is 6.19. The first-order valence-corrected chi connectivity index (χ1v) is 10.7. The van der Waals surface area contributed by atoms with Gasteiger partial charge in [0.2, 0.25) is 10.0 Å². The predicted octanol–water partition coefficient (Wildman–Crippen LogP) is 2.04. The molecule has 2 aromatic carbocycles. The number of fused-ring (bicyclic) bond motifs is 1. The van der Waals surface area contributed by atoms with Crippen molar-refractivity contribution in [2.24, 2.45) is 0 Å². The smallest absolute Gasteiger partial charge is 0.321 e. The highest BCUT2D eigenvalue weighted by atomic mass is 32.2. The van der Waals surface area contributed by atoms with Crippen LogP contribution in [0.25, 0.3) is 10.8 Å². The number of hydrogen-bond acceptors (Lipinski definition) is 6. The van der Waals surface area contributed by atoms with Crippen LogP contribution >= 0.6 is 11.3 Å². The van der Waals surface area contributed by atoms with Crippen LogP contribution in [0, 0.1) is 0 Å². The molecule has 0 aliphatic rings. The number of esters is 1. The highest BCUT2D eigenvalue weighted by Crippen LogP contribution is 2.18. The third kappa shape index (κ3) is 5.38. The van der Waals surface area contributed by atoms with Gasteiger partial charge in [0.1, 0.15) is 6.54 Å². The summed E-state index contributed by atoms with van der Waals surface area (Å²) >= 11 is 1.50. The minimum absolute atomic E-state index is 0.0488. The Labute approximate surface area is 166 Å². The van der Waals surface area contributed by atoms with Gasteiger partial charge in [0.15, 0.2) is 6.61 Å². The number of rotatable bonds is 8. The summed E-state index contributed by atoms with van der Waals surface area (Å²) in [5.74, 6) is -1.30. The van der Waals surface area contributed by atoms with Crippen molar-refractivity contribution in [3.63, 3.8) is 0 Å². The molecule has 1 amide bonds. The zero-order chi connectivity index (χ0) is 20.0. The maximum absolute atomic E-state index is 12.4. The molecule has 0 bridgehead atoms. The summed E-state index contributed by atoms with van der Waals surface area (Å²) < 4.78 is 31.7. The Morgan fingerprint density at radius 3 is 2.54 bits per heavy atom. The summed E-state index contributed by atoms with van der Waals surface area (Å²) in [4.78, 5) is 24.4. The van der Waals surface area contributed by atoms with E-state index in [9.17, 15) is 18.0 Å². The van der Waals surface area contributed by atoms with Crippen LogP contribution in [-0.2, 0) is 30.9 Å². The monoisotopic (exact) mass is 418 g/mol. The van der Waals surface area contributed by atoms with E-state index < -0.39 is 35.1 Å². The van der Waals surface area contributed by atoms with Crippen LogP contribution in [0.2, 0.25) is 0 Å². The number of nitrogens with one attached hydrogen (secondary N) is 2. The number of benzene rings is 2. The Morgan fingerprint density at radius 2 is 1.79 bits per heavy atom. The maximum atomic E-state index is 12.4. The molecule has 0 atom stereocenters. The summed E-state index contributed by atoms with van der Waals surface area (Å²) in [6, 6.07) is 15.8. The van der Waals surface area contributed by atoms with E-state index in [4.69, 9.17) is 4.74 Å². The van der Waals surface area contributed by atoms with Gasteiger partial charge in [-0.15, -0.1) is 11.3 Å². The summed E-state index contributed by atoms with van der Waals surface area (Å²) in [5.41, 5.74) is 0. The third-order valence-electron chi connectivity index (χ3n) is 3.84. The average Bonchev–Trinajstić information content (AvgIpc) is 3.22. The van der Waals surface area contributed by atoms with Gasteiger partial charge in [-0.2, -0.15) is 4.72 Å². The average molecular weight is 418 g/mol. The second kappa shape index (κ2) is 8.96. The fourth-order valence-electron chi connectivity index (χ4n) is 2.42. The van der Waals surface area contributed by atoms with E-state index in [-0.39, 0.29) is 4.90 Å². The molecule has 0 saturated carbocycles. The number of carbonyl (C=O) groups excluding carboxylic acids is 2. The van der Waals surface area contributed by atoms with Crippen molar-refractivity contribution in [1.29, 1.82) is 0 Å². The molecule has 0 aliphatic heterocycles. The molecule has 146 valence electrons. The molecule has 1 aromatic heterocycles. The van der Waals surface area contributed by atoms with Crippen molar-refractivity contribution in [3.8, 4) is 0 Å². The molecule has 28 heavy (non-hydrogen) atoms. The Bertz CT molecular complexity index is 1080. The Balaban J connectivity index is 1.47. The molecule has 0 aliphatic carbocycles. The summed E-state index contributed by atoms with van der Waals surface area (Å²) in [6.07, 6.45) is 0. The fraction of sp³-hybridized carbons (Fsp3) is 0.158. The first-order valence-electron chi connectivity index (χ1n) is 8.37. The van der Waals surface area contributed by atoms with Crippen molar-refractivity contribution < 1.29 is 22.7 Å². The highest BCUT2D eigenvalue weighted by Gasteiger charge is 2.17. The number of hydrogen-bond donors (Lipinski definition) is 2. The quantitative estimate of drug-likeness (QED) is 0.545. The van der Waals surface area contributed by atoms with E-state index >= 15 is 0 Å². The van der Waals surface area contributed by atoms with Gasteiger partial charge in [0.25, 0.3) is 5.91 Å². The van der Waals surface area contributed by atoms with E-state index in [1.165, 1.54) is 23.5 Å². The highest BCUT2D eigenvalue weighted by molar-refractivity contribution is 7.89. The van der Waals surface area contributed by atoms with Gasteiger partial charge in [-0.3, -0.25) is 9.59 Å². The van der Waals surface area contributed by atoms with E-state index in [0.29, 0.717) is 6.54 Å². The SMILES string of the molecule is O=C(COC(=O)CNS(=O)(=O)c1ccc2ccccc2c1)NCc1cccs1. The molecule has 0 spiro atoms. The Hall–Kier alpha value is -2.75. The van der Waals surface area contributed by atoms with Crippen molar-refractivity contribution in [1.82, 2.24) is 10.0 Å². The van der Waals surface area contributed by atoms with Crippen LogP contribution in [0.4, 0.5) is 0 Å². The van der Waals surface area contributed by atoms with Crippen molar-refractivity contribution in [2.45, 2.75) is 11.4 Å². The zero-order valence-corrected chi connectivity index (χ0v) is 16.4. The van der Waals surface area contributed by atoms with E-state index in [2.05, 4.69) is 10.0 Å². The molecular weight excluding hydrogens is 400 g/mol. The van der Waals surface area contributed by atoms with Gasteiger partial charge in [0, 0.05) is 4.88 Å². The lowest BCUT2D eigenvalue weighted by molar-refractivity contribution is -0.147. The van der Waals surface area contributed by atoms with Crippen LogP contribution < -0.4 is 10.0 Å². The zero-order valence-electron chi connectivity index (χ0n) is 14.8. The van der Waals surface area contributed by atoms with E-state index in [1.807, 2.05) is 35.7 Å².